The van der Waals surface area contributed by atoms with E-state index in [-0.39, 0.29) is 17.0 Å². The predicted molar refractivity (Wildman–Crippen MR) is 106 cm³/mol. The number of hydrogen-bond acceptors (Lipinski definition) is 6. The Labute approximate surface area is 166 Å². The molecule has 1 fully saturated rings. The normalized spacial score (nSPS) is 15.0. The van der Waals surface area contributed by atoms with Crippen LogP contribution < -0.4 is 4.90 Å². The zero-order valence-electron chi connectivity index (χ0n) is 15.5. The summed E-state index contributed by atoms with van der Waals surface area (Å²) in [6.45, 7) is 2.35. The average molecular weight is 391 g/mol. The van der Waals surface area contributed by atoms with Crippen LogP contribution in [0.5, 0.6) is 0 Å². The van der Waals surface area contributed by atoms with Crippen LogP contribution >= 0.6 is 0 Å². The van der Waals surface area contributed by atoms with Crippen LogP contribution in [0.2, 0.25) is 0 Å². The maximum absolute atomic E-state index is 14.2. The van der Waals surface area contributed by atoms with E-state index in [0.717, 1.165) is 5.69 Å². The molecule has 1 aliphatic heterocycles. The van der Waals surface area contributed by atoms with E-state index in [1.165, 1.54) is 18.2 Å². The first-order chi connectivity index (χ1) is 14.2. The molecule has 0 saturated carbocycles. The minimum absolute atomic E-state index is 0.0698. The van der Waals surface area contributed by atoms with Gasteiger partial charge in [-0.25, -0.2) is 4.39 Å². The molecule has 2 aromatic carbocycles. The van der Waals surface area contributed by atoms with E-state index in [1.54, 1.807) is 10.6 Å². The van der Waals surface area contributed by atoms with Gasteiger partial charge in [0.2, 0.25) is 5.95 Å². The Bertz CT molecular complexity index is 1080. The molecule has 1 saturated heterocycles. The zero-order chi connectivity index (χ0) is 20.2. The van der Waals surface area contributed by atoms with Crippen LogP contribution in [0.25, 0.3) is 17.0 Å². The van der Waals surface area contributed by atoms with Crippen molar-refractivity contribution in [2.45, 2.75) is 0 Å². The van der Waals surface area contributed by atoms with Gasteiger partial charge in [-0.15, -0.1) is 10.2 Å². The lowest BCUT2D eigenvalue weighted by Gasteiger charge is -2.28. The number of benzene rings is 2. The van der Waals surface area contributed by atoms with Crippen LogP contribution in [0.1, 0.15) is 11.4 Å². The molecule has 0 unspecified atom stereocenters. The van der Waals surface area contributed by atoms with Gasteiger partial charge < -0.3 is 14.7 Å². The third-order valence-corrected chi connectivity index (χ3v) is 4.66. The van der Waals surface area contributed by atoms with Gasteiger partial charge in [-0.2, -0.15) is 5.26 Å². The number of para-hydroxylation sites is 1. The quantitative estimate of drug-likeness (QED) is 0.543. The third-order valence-electron chi connectivity index (χ3n) is 4.66. The van der Waals surface area contributed by atoms with E-state index >= 15 is 0 Å². The highest BCUT2D eigenvalue weighted by Gasteiger charge is 2.26. The molecule has 0 spiro atoms. The average Bonchev–Trinajstić information content (AvgIpc) is 3.20. The Kier molecular flexibility index (Phi) is 5.22. The molecule has 0 radical (unpaired) electrons. The van der Waals surface area contributed by atoms with Gasteiger partial charge in [0.25, 0.3) is 0 Å². The van der Waals surface area contributed by atoms with Gasteiger partial charge in [-0.05, 0) is 24.3 Å². The van der Waals surface area contributed by atoms with E-state index < -0.39 is 11.6 Å². The molecule has 4 rings (SSSR count). The fourth-order valence-corrected chi connectivity index (χ4v) is 3.22. The number of hydrogen-bond donors (Lipinski definition) is 1. The van der Waals surface area contributed by atoms with Crippen molar-refractivity contribution in [1.29, 1.82) is 5.26 Å². The molecule has 0 amide bonds. The Morgan fingerprint density at radius 1 is 1.03 bits per heavy atom. The van der Waals surface area contributed by atoms with E-state index in [1.807, 2.05) is 41.3 Å². The van der Waals surface area contributed by atoms with Crippen LogP contribution in [0.15, 0.2) is 54.6 Å². The van der Waals surface area contributed by atoms with Crippen molar-refractivity contribution in [3.8, 4) is 11.8 Å². The molecule has 2 heterocycles. The van der Waals surface area contributed by atoms with Gasteiger partial charge in [0.15, 0.2) is 5.82 Å². The van der Waals surface area contributed by atoms with Crippen molar-refractivity contribution in [1.82, 2.24) is 14.8 Å². The number of rotatable bonds is 4. The maximum atomic E-state index is 14.2. The van der Waals surface area contributed by atoms with Crippen LogP contribution in [0.4, 0.5) is 10.3 Å². The largest absolute Gasteiger partial charge is 0.506 e. The molecular formula is C21H18FN5O2. The van der Waals surface area contributed by atoms with Crippen LogP contribution in [0, 0.1) is 17.1 Å². The lowest BCUT2D eigenvalue weighted by atomic mass is 10.1. The fourth-order valence-electron chi connectivity index (χ4n) is 3.22. The number of nitriles is 1. The molecule has 0 bridgehead atoms. The highest BCUT2D eigenvalue weighted by molar-refractivity contribution is 5.92. The Hall–Kier alpha value is -3.70. The molecule has 7 nitrogen and oxygen atoms in total. The summed E-state index contributed by atoms with van der Waals surface area (Å²) >= 11 is 0. The summed E-state index contributed by atoms with van der Waals surface area (Å²) in [7, 11) is 0. The Morgan fingerprint density at radius 2 is 1.72 bits per heavy atom. The summed E-state index contributed by atoms with van der Waals surface area (Å²) in [5.41, 5.74) is 0.494. The summed E-state index contributed by atoms with van der Waals surface area (Å²) in [6.07, 6.45) is 0. The summed E-state index contributed by atoms with van der Waals surface area (Å²) < 4.78 is 21.3. The molecular weight excluding hydrogens is 373 g/mol. The maximum Gasteiger partial charge on any atom is 0.232 e. The first-order valence-corrected chi connectivity index (χ1v) is 9.13. The van der Waals surface area contributed by atoms with Crippen LogP contribution in [-0.4, -0.2) is 46.2 Å². The van der Waals surface area contributed by atoms with Gasteiger partial charge in [0, 0.05) is 13.1 Å². The number of aromatic nitrogens is 3. The third kappa shape index (κ3) is 3.56. The fraction of sp³-hybridized carbons (Fsp3) is 0.190. The molecule has 146 valence electrons. The summed E-state index contributed by atoms with van der Waals surface area (Å²) in [4.78, 5) is 2.00. The number of morpholine rings is 1. The predicted octanol–water partition coefficient (Wildman–Crippen LogP) is 3.19. The number of ether oxygens (including phenoxy) is 1. The number of allylic oxidation sites excluding steroid dienone is 1. The lowest BCUT2D eigenvalue weighted by molar-refractivity contribution is 0.122. The van der Waals surface area contributed by atoms with E-state index in [2.05, 4.69) is 10.2 Å². The summed E-state index contributed by atoms with van der Waals surface area (Å²) in [5, 5.41) is 29.0. The van der Waals surface area contributed by atoms with Crippen molar-refractivity contribution in [3.63, 3.8) is 0 Å². The van der Waals surface area contributed by atoms with Gasteiger partial charge in [0.05, 0.1) is 24.5 Å². The highest BCUT2D eigenvalue weighted by Crippen LogP contribution is 2.29. The van der Waals surface area contributed by atoms with E-state index in [9.17, 15) is 14.8 Å². The van der Waals surface area contributed by atoms with Crippen molar-refractivity contribution in [3.05, 3.63) is 71.8 Å². The molecule has 0 aliphatic carbocycles. The molecule has 1 aromatic heterocycles. The smallest absolute Gasteiger partial charge is 0.232 e. The SMILES string of the molecule is N#CC(=C(O)c1ccccc1F)c1nnc(N2CCOCC2)n1-c1ccccc1. The minimum atomic E-state index is -0.628. The van der Waals surface area contributed by atoms with E-state index in [0.29, 0.717) is 32.3 Å². The molecule has 8 heteroatoms. The minimum Gasteiger partial charge on any atom is -0.506 e. The Balaban J connectivity index is 1.91. The number of aliphatic hydroxyl groups is 1. The molecule has 29 heavy (non-hydrogen) atoms. The lowest BCUT2D eigenvalue weighted by Crippen LogP contribution is -2.38. The van der Waals surface area contributed by atoms with Crippen molar-refractivity contribution in [2.24, 2.45) is 0 Å². The van der Waals surface area contributed by atoms with Crippen LogP contribution in [0.3, 0.4) is 0 Å². The van der Waals surface area contributed by atoms with Crippen LogP contribution in [-0.2, 0) is 4.74 Å². The van der Waals surface area contributed by atoms with E-state index in [4.69, 9.17) is 4.74 Å². The molecule has 3 aromatic rings. The summed E-state index contributed by atoms with van der Waals surface area (Å²) in [5.74, 6) is -0.440. The highest BCUT2D eigenvalue weighted by atomic mass is 19.1. The second-order valence-corrected chi connectivity index (χ2v) is 6.41. The second kappa shape index (κ2) is 8.12. The standard InChI is InChI=1S/C21H18FN5O2/c22-18-9-5-4-8-16(18)19(28)17(14-23)20-24-25-21(26-10-12-29-13-11-26)27(20)15-6-2-1-3-7-15/h1-9,28H,10-13H2. The van der Waals surface area contributed by atoms with Crippen molar-refractivity contribution >= 4 is 17.3 Å². The Morgan fingerprint density at radius 3 is 2.41 bits per heavy atom. The van der Waals surface area contributed by atoms with Gasteiger partial charge in [0.1, 0.15) is 23.2 Å². The van der Waals surface area contributed by atoms with Crippen molar-refractivity contribution in [2.75, 3.05) is 31.2 Å². The molecule has 1 aliphatic rings. The second-order valence-electron chi connectivity index (χ2n) is 6.41. The molecule has 0 atom stereocenters. The number of anilines is 1. The number of halogens is 1. The van der Waals surface area contributed by atoms with Gasteiger partial charge in [-0.3, -0.25) is 4.57 Å². The summed E-state index contributed by atoms with van der Waals surface area (Å²) in [6, 6.07) is 17.0. The number of aliphatic hydroxyl groups excluding tert-OH is 1. The van der Waals surface area contributed by atoms with Gasteiger partial charge in [-0.1, -0.05) is 30.3 Å². The van der Waals surface area contributed by atoms with Gasteiger partial charge >= 0.3 is 0 Å². The first-order valence-electron chi connectivity index (χ1n) is 9.13. The first kappa shape index (κ1) is 18.7. The topological polar surface area (TPSA) is 87.2 Å². The number of nitrogens with zero attached hydrogens (tertiary/aromatic N) is 5. The zero-order valence-corrected chi connectivity index (χ0v) is 15.5. The molecule has 1 N–H and O–H groups in total. The monoisotopic (exact) mass is 391 g/mol. The van der Waals surface area contributed by atoms with Crippen molar-refractivity contribution < 1.29 is 14.2 Å².